The standard InChI is InChI=1S/C16H23NO4/c1-11(18)14-7-6-13(20-3)10-15(14)21-12(2)16(19)17-8-4-5-9-17/h6-7,10-12,18H,4-5,8-9H2,1-3H3/t11-,12?/m1/s1. The molecular formula is C16H23NO4. The molecule has 0 radical (unpaired) electrons. The Morgan fingerprint density at radius 2 is 1.95 bits per heavy atom. The Morgan fingerprint density at radius 3 is 2.52 bits per heavy atom. The van der Waals surface area contributed by atoms with Crippen LogP contribution in [0.15, 0.2) is 18.2 Å². The molecule has 0 spiro atoms. The van der Waals surface area contributed by atoms with Gasteiger partial charge in [-0.15, -0.1) is 0 Å². The van der Waals surface area contributed by atoms with Gasteiger partial charge in [-0.1, -0.05) is 0 Å². The van der Waals surface area contributed by atoms with Crippen molar-refractivity contribution in [2.75, 3.05) is 20.2 Å². The summed E-state index contributed by atoms with van der Waals surface area (Å²) in [6.07, 6.45) is 0.861. The topological polar surface area (TPSA) is 59.0 Å². The normalized spacial score (nSPS) is 17.4. The third-order valence-corrected chi connectivity index (χ3v) is 3.74. The first-order valence-electron chi connectivity index (χ1n) is 7.34. The van der Waals surface area contributed by atoms with Gasteiger partial charge in [0.1, 0.15) is 11.5 Å². The maximum atomic E-state index is 12.3. The summed E-state index contributed by atoms with van der Waals surface area (Å²) < 4.78 is 11.0. The number of carbonyl (C=O) groups is 1. The van der Waals surface area contributed by atoms with Crippen LogP contribution in [0.2, 0.25) is 0 Å². The molecule has 1 N–H and O–H groups in total. The minimum Gasteiger partial charge on any atom is -0.497 e. The molecule has 1 aromatic rings. The van der Waals surface area contributed by atoms with Gasteiger partial charge in [0.2, 0.25) is 0 Å². The molecule has 2 atom stereocenters. The Hall–Kier alpha value is -1.75. The van der Waals surface area contributed by atoms with E-state index < -0.39 is 12.2 Å². The van der Waals surface area contributed by atoms with Crippen LogP contribution < -0.4 is 9.47 Å². The van der Waals surface area contributed by atoms with Gasteiger partial charge in [0.15, 0.2) is 6.10 Å². The second-order valence-electron chi connectivity index (χ2n) is 5.37. The van der Waals surface area contributed by atoms with E-state index in [1.54, 1.807) is 39.2 Å². The van der Waals surface area contributed by atoms with Crippen molar-refractivity contribution >= 4 is 5.91 Å². The maximum Gasteiger partial charge on any atom is 0.263 e. The lowest BCUT2D eigenvalue weighted by molar-refractivity contribution is -0.136. The van der Waals surface area contributed by atoms with Gasteiger partial charge < -0.3 is 19.5 Å². The smallest absolute Gasteiger partial charge is 0.263 e. The first-order valence-corrected chi connectivity index (χ1v) is 7.34. The van der Waals surface area contributed by atoms with E-state index in [1.807, 2.05) is 4.90 Å². The molecule has 1 heterocycles. The molecule has 0 aliphatic carbocycles. The molecule has 0 saturated carbocycles. The number of aliphatic hydroxyl groups is 1. The van der Waals surface area contributed by atoms with Gasteiger partial charge in [-0.2, -0.15) is 0 Å². The lowest BCUT2D eigenvalue weighted by atomic mass is 10.1. The number of amides is 1. The highest BCUT2D eigenvalue weighted by Gasteiger charge is 2.25. The van der Waals surface area contributed by atoms with Gasteiger partial charge in [0.25, 0.3) is 5.91 Å². The second-order valence-corrected chi connectivity index (χ2v) is 5.37. The van der Waals surface area contributed by atoms with E-state index in [9.17, 15) is 9.90 Å². The molecule has 1 amide bonds. The van der Waals surface area contributed by atoms with Crippen molar-refractivity contribution in [1.82, 2.24) is 4.90 Å². The molecule has 2 rings (SSSR count). The SMILES string of the molecule is COc1ccc([C@@H](C)O)c(OC(C)C(=O)N2CCCC2)c1. The number of methoxy groups -OCH3 is 1. The van der Waals surface area contributed by atoms with E-state index in [4.69, 9.17) is 9.47 Å². The van der Waals surface area contributed by atoms with Crippen molar-refractivity contribution in [1.29, 1.82) is 0 Å². The minimum absolute atomic E-state index is 0.00753. The minimum atomic E-state index is -0.667. The van der Waals surface area contributed by atoms with E-state index in [0.29, 0.717) is 17.1 Å². The fourth-order valence-electron chi connectivity index (χ4n) is 2.52. The number of nitrogens with zero attached hydrogens (tertiary/aromatic N) is 1. The number of hydrogen-bond acceptors (Lipinski definition) is 4. The zero-order valence-corrected chi connectivity index (χ0v) is 12.8. The summed E-state index contributed by atoms with van der Waals surface area (Å²) in [5.74, 6) is 1.12. The molecule has 1 unspecified atom stereocenters. The molecule has 5 heteroatoms. The zero-order chi connectivity index (χ0) is 15.4. The number of aliphatic hydroxyl groups excluding tert-OH is 1. The molecule has 1 aromatic carbocycles. The number of benzene rings is 1. The molecule has 116 valence electrons. The van der Waals surface area contributed by atoms with E-state index >= 15 is 0 Å². The fraction of sp³-hybridized carbons (Fsp3) is 0.562. The monoisotopic (exact) mass is 293 g/mol. The summed E-state index contributed by atoms with van der Waals surface area (Å²) >= 11 is 0. The van der Waals surface area contributed by atoms with Gasteiger partial charge in [-0.3, -0.25) is 4.79 Å². The third-order valence-electron chi connectivity index (χ3n) is 3.74. The lowest BCUT2D eigenvalue weighted by Crippen LogP contribution is -2.38. The molecule has 1 saturated heterocycles. The Bertz CT molecular complexity index is 495. The predicted octanol–water partition coefficient (Wildman–Crippen LogP) is 2.14. The average molecular weight is 293 g/mol. The fourth-order valence-corrected chi connectivity index (χ4v) is 2.52. The van der Waals surface area contributed by atoms with Gasteiger partial charge in [-0.25, -0.2) is 0 Å². The second kappa shape index (κ2) is 6.80. The average Bonchev–Trinajstić information content (AvgIpc) is 3.00. The molecule has 0 bridgehead atoms. The maximum absolute atomic E-state index is 12.3. The number of hydrogen-bond donors (Lipinski definition) is 1. The van der Waals surface area contributed by atoms with Crippen LogP contribution in [0, 0.1) is 0 Å². The highest BCUT2D eigenvalue weighted by molar-refractivity contribution is 5.81. The molecule has 1 aliphatic heterocycles. The van der Waals surface area contributed by atoms with Gasteiger partial charge in [0, 0.05) is 24.7 Å². The van der Waals surface area contributed by atoms with E-state index in [0.717, 1.165) is 25.9 Å². The van der Waals surface area contributed by atoms with E-state index in [1.165, 1.54) is 0 Å². The molecule has 0 aromatic heterocycles. The summed E-state index contributed by atoms with van der Waals surface area (Å²) in [5, 5.41) is 9.82. The Morgan fingerprint density at radius 1 is 1.29 bits per heavy atom. The van der Waals surface area contributed by atoms with Crippen LogP contribution in [0.5, 0.6) is 11.5 Å². The van der Waals surface area contributed by atoms with E-state index in [-0.39, 0.29) is 5.91 Å². The summed E-state index contributed by atoms with van der Waals surface area (Å²) in [4.78, 5) is 14.1. The number of ether oxygens (including phenoxy) is 2. The molecule has 5 nitrogen and oxygen atoms in total. The van der Waals surface area contributed by atoms with E-state index in [2.05, 4.69) is 0 Å². The Balaban J connectivity index is 2.14. The highest BCUT2D eigenvalue weighted by atomic mass is 16.5. The number of likely N-dealkylation sites (tertiary alicyclic amines) is 1. The summed E-state index contributed by atoms with van der Waals surface area (Å²) in [5.41, 5.74) is 0.650. The molecular weight excluding hydrogens is 270 g/mol. The van der Waals surface area contributed by atoms with Gasteiger partial charge >= 0.3 is 0 Å². The molecule has 21 heavy (non-hydrogen) atoms. The van der Waals surface area contributed by atoms with Crippen molar-refractivity contribution in [3.05, 3.63) is 23.8 Å². The van der Waals surface area contributed by atoms with Crippen LogP contribution in [0.4, 0.5) is 0 Å². The van der Waals surface area contributed by atoms with Crippen molar-refractivity contribution in [3.63, 3.8) is 0 Å². The van der Waals surface area contributed by atoms with Crippen molar-refractivity contribution in [3.8, 4) is 11.5 Å². The summed E-state index contributed by atoms with van der Waals surface area (Å²) in [6, 6.07) is 5.23. The molecule has 1 aliphatic rings. The Kier molecular flexibility index (Phi) is 5.07. The summed E-state index contributed by atoms with van der Waals surface area (Å²) in [6.45, 7) is 5.01. The molecule has 1 fully saturated rings. The largest absolute Gasteiger partial charge is 0.497 e. The van der Waals surface area contributed by atoms with Crippen molar-refractivity contribution < 1.29 is 19.4 Å². The predicted molar refractivity (Wildman–Crippen MR) is 79.5 cm³/mol. The van der Waals surface area contributed by atoms with Gasteiger partial charge in [-0.05, 0) is 38.8 Å². The van der Waals surface area contributed by atoms with Crippen molar-refractivity contribution in [2.45, 2.75) is 38.9 Å². The lowest BCUT2D eigenvalue weighted by Gasteiger charge is -2.23. The van der Waals surface area contributed by atoms with Crippen molar-refractivity contribution in [2.24, 2.45) is 0 Å². The quantitative estimate of drug-likeness (QED) is 0.903. The van der Waals surface area contributed by atoms with Crippen LogP contribution in [-0.4, -0.2) is 42.2 Å². The van der Waals surface area contributed by atoms with Gasteiger partial charge in [0.05, 0.1) is 13.2 Å². The Labute approximate surface area is 125 Å². The van der Waals surface area contributed by atoms with Crippen LogP contribution >= 0.6 is 0 Å². The van der Waals surface area contributed by atoms with Crippen LogP contribution in [0.25, 0.3) is 0 Å². The third kappa shape index (κ3) is 3.67. The van der Waals surface area contributed by atoms with Crippen LogP contribution in [-0.2, 0) is 4.79 Å². The first kappa shape index (κ1) is 15.6. The van der Waals surface area contributed by atoms with Crippen LogP contribution in [0.3, 0.4) is 0 Å². The highest BCUT2D eigenvalue weighted by Crippen LogP contribution is 2.30. The zero-order valence-electron chi connectivity index (χ0n) is 12.8. The first-order chi connectivity index (χ1) is 10.0. The number of rotatable bonds is 5. The van der Waals surface area contributed by atoms with Crippen LogP contribution in [0.1, 0.15) is 38.4 Å². The summed E-state index contributed by atoms with van der Waals surface area (Å²) in [7, 11) is 1.57. The number of carbonyl (C=O) groups excluding carboxylic acids is 1.